The average molecular weight is 321 g/mol. The number of hydrogen-bond donors (Lipinski definition) is 1. The van der Waals surface area contributed by atoms with Gasteiger partial charge >= 0.3 is 0 Å². The van der Waals surface area contributed by atoms with Crippen LogP contribution in [0.25, 0.3) is 0 Å². The summed E-state index contributed by atoms with van der Waals surface area (Å²) >= 11 is 1.80. The molecule has 112 valence electrons. The van der Waals surface area contributed by atoms with Gasteiger partial charge in [0.15, 0.2) is 9.84 Å². The van der Waals surface area contributed by atoms with E-state index < -0.39 is 9.84 Å². The largest absolute Gasteiger partial charge is 0.377 e. The molecule has 21 heavy (non-hydrogen) atoms. The van der Waals surface area contributed by atoms with Gasteiger partial charge in [0, 0.05) is 4.88 Å². The summed E-state index contributed by atoms with van der Waals surface area (Å²) < 4.78 is 24.4. The van der Waals surface area contributed by atoms with E-state index in [4.69, 9.17) is 0 Å². The molecule has 2 aromatic rings. The van der Waals surface area contributed by atoms with Crippen LogP contribution in [0.5, 0.6) is 0 Å². The standard InChI is InChI=1S/C16H19NO2S2/c1-2-21(18,19)16-9-4-3-6-14(16)17-13-7-5-8-15-12(13)10-11-20-15/h3-4,6,9-11,13,17H,2,5,7-8H2,1H3. The highest BCUT2D eigenvalue weighted by Gasteiger charge is 2.23. The number of aryl methyl sites for hydroxylation is 1. The number of rotatable bonds is 4. The van der Waals surface area contributed by atoms with E-state index in [1.54, 1.807) is 30.4 Å². The quantitative estimate of drug-likeness (QED) is 0.924. The topological polar surface area (TPSA) is 46.2 Å². The third kappa shape index (κ3) is 2.85. The number of anilines is 1. The highest BCUT2D eigenvalue weighted by Crippen LogP contribution is 2.36. The van der Waals surface area contributed by atoms with Gasteiger partial charge in [-0.25, -0.2) is 8.42 Å². The van der Waals surface area contributed by atoms with Crippen LogP contribution in [-0.4, -0.2) is 14.2 Å². The average Bonchev–Trinajstić information content (AvgIpc) is 2.97. The number of hydrogen-bond acceptors (Lipinski definition) is 4. The second-order valence-electron chi connectivity index (χ2n) is 5.29. The van der Waals surface area contributed by atoms with Gasteiger partial charge in [0.05, 0.1) is 22.4 Å². The van der Waals surface area contributed by atoms with Crippen molar-refractivity contribution in [1.29, 1.82) is 0 Å². The Morgan fingerprint density at radius 2 is 2.10 bits per heavy atom. The summed E-state index contributed by atoms with van der Waals surface area (Å²) in [6.45, 7) is 1.68. The minimum Gasteiger partial charge on any atom is -0.377 e. The lowest BCUT2D eigenvalue weighted by molar-refractivity contribution is 0.594. The highest BCUT2D eigenvalue weighted by atomic mass is 32.2. The van der Waals surface area contributed by atoms with E-state index in [9.17, 15) is 8.42 Å². The number of para-hydroxylation sites is 1. The van der Waals surface area contributed by atoms with E-state index in [1.165, 1.54) is 10.4 Å². The lowest BCUT2D eigenvalue weighted by atomic mass is 9.94. The number of sulfone groups is 1. The van der Waals surface area contributed by atoms with E-state index >= 15 is 0 Å². The maximum atomic E-state index is 12.2. The fourth-order valence-electron chi connectivity index (χ4n) is 2.84. The zero-order valence-corrected chi connectivity index (χ0v) is 13.6. The first-order valence-electron chi connectivity index (χ1n) is 7.26. The first-order chi connectivity index (χ1) is 10.1. The molecule has 0 fully saturated rings. The Hall–Kier alpha value is -1.33. The molecule has 0 spiro atoms. The Labute approximate surface area is 129 Å². The minimum absolute atomic E-state index is 0.125. The maximum Gasteiger partial charge on any atom is 0.180 e. The molecule has 3 rings (SSSR count). The fraction of sp³-hybridized carbons (Fsp3) is 0.375. The van der Waals surface area contributed by atoms with Gasteiger partial charge in [-0.3, -0.25) is 0 Å². The molecule has 1 heterocycles. The molecule has 0 radical (unpaired) electrons. The third-order valence-corrected chi connectivity index (χ3v) is 6.77. The van der Waals surface area contributed by atoms with Gasteiger partial charge < -0.3 is 5.32 Å². The summed E-state index contributed by atoms with van der Waals surface area (Å²) in [7, 11) is -3.20. The molecule has 1 aromatic heterocycles. The summed E-state index contributed by atoms with van der Waals surface area (Å²) in [4.78, 5) is 1.84. The lowest BCUT2D eigenvalue weighted by Gasteiger charge is -2.25. The van der Waals surface area contributed by atoms with Gasteiger partial charge in [-0.1, -0.05) is 19.1 Å². The van der Waals surface area contributed by atoms with Gasteiger partial charge in [0.25, 0.3) is 0 Å². The summed E-state index contributed by atoms with van der Waals surface area (Å²) in [6, 6.07) is 9.60. The van der Waals surface area contributed by atoms with E-state index in [0.717, 1.165) is 24.9 Å². The Morgan fingerprint density at radius 1 is 1.29 bits per heavy atom. The van der Waals surface area contributed by atoms with Crippen LogP contribution in [0.1, 0.15) is 36.2 Å². The molecule has 0 aliphatic heterocycles. The van der Waals surface area contributed by atoms with Crippen molar-refractivity contribution in [2.75, 3.05) is 11.1 Å². The molecule has 1 aromatic carbocycles. The van der Waals surface area contributed by atoms with E-state index in [0.29, 0.717) is 4.90 Å². The molecule has 0 amide bonds. The molecule has 1 aliphatic rings. The maximum absolute atomic E-state index is 12.2. The number of fused-ring (bicyclic) bond motifs is 1. The Morgan fingerprint density at radius 3 is 2.90 bits per heavy atom. The Bertz CT molecular complexity index is 734. The highest BCUT2D eigenvalue weighted by molar-refractivity contribution is 7.91. The van der Waals surface area contributed by atoms with Crippen LogP contribution in [-0.2, 0) is 16.3 Å². The third-order valence-electron chi connectivity index (χ3n) is 3.98. The van der Waals surface area contributed by atoms with Crippen molar-refractivity contribution < 1.29 is 8.42 Å². The van der Waals surface area contributed by atoms with Crippen LogP contribution in [0.4, 0.5) is 5.69 Å². The minimum atomic E-state index is -3.20. The molecule has 3 nitrogen and oxygen atoms in total. The van der Waals surface area contributed by atoms with Crippen molar-refractivity contribution in [2.45, 2.75) is 37.1 Å². The van der Waals surface area contributed by atoms with Gasteiger partial charge in [0.1, 0.15) is 0 Å². The van der Waals surface area contributed by atoms with E-state index in [1.807, 2.05) is 12.1 Å². The van der Waals surface area contributed by atoms with Gasteiger partial charge in [-0.2, -0.15) is 0 Å². The Balaban J connectivity index is 1.94. The van der Waals surface area contributed by atoms with Gasteiger partial charge in [-0.05, 0) is 48.4 Å². The van der Waals surface area contributed by atoms with Gasteiger partial charge in [0.2, 0.25) is 0 Å². The van der Waals surface area contributed by atoms with Crippen molar-refractivity contribution in [2.24, 2.45) is 0 Å². The smallest absolute Gasteiger partial charge is 0.180 e. The van der Waals surface area contributed by atoms with Crippen molar-refractivity contribution in [3.8, 4) is 0 Å². The Kier molecular flexibility index (Phi) is 4.04. The molecule has 0 saturated heterocycles. The zero-order valence-electron chi connectivity index (χ0n) is 12.0. The summed E-state index contributed by atoms with van der Waals surface area (Å²) in [6.07, 6.45) is 3.33. The summed E-state index contributed by atoms with van der Waals surface area (Å²) in [5.74, 6) is 0.125. The van der Waals surface area contributed by atoms with Gasteiger partial charge in [-0.15, -0.1) is 11.3 Å². The van der Waals surface area contributed by atoms with Crippen LogP contribution < -0.4 is 5.32 Å². The molecule has 1 atom stereocenters. The monoisotopic (exact) mass is 321 g/mol. The predicted molar refractivity (Wildman–Crippen MR) is 87.8 cm³/mol. The molecule has 5 heteroatoms. The summed E-state index contributed by atoms with van der Waals surface area (Å²) in [5, 5.41) is 5.58. The van der Waals surface area contributed by atoms with Crippen molar-refractivity contribution in [1.82, 2.24) is 0 Å². The summed E-state index contributed by atoms with van der Waals surface area (Å²) in [5.41, 5.74) is 2.05. The second-order valence-corrected chi connectivity index (χ2v) is 8.54. The molecular weight excluding hydrogens is 302 g/mol. The molecule has 0 saturated carbocycles. The first kappa shape index (κ1) is 14.6. The van der Waals surface area contributed by atoms with Crippen molar-refractivity contribution in [3.63, 3.8) is 0 Å². The van der Waals surface area contributed by atoms with Crippen LogP contribution in [0.3, 0.4) is 0 Å². The molecule has 1 N–H and O–H groups in total. The second kappa shape index (κ2) is 5.81. The van der Waals surface area contributed by atoms with Crippen LogP contribution in [0.2, 0.25) is 0 Å². The van der Waals surface area contributed by atoms with Crippen molar-refractivity contribution >= 4 is 26.9 Å². The number of benzene rings is 1. The van der Waals surface area contributed by atoms with E-state index in [2.05, 4.69) is 16.8 Å². The first-order valence-corrected chi connectivity index (χ1v) is 9.79. The van der Waals surface area contributed by atoms with Crippen LogP contribution in [0, 0.1) is 0 Å². The SMILES string of the molecule is CCS(=O)(=O)c1ccccc1NC1CCCc2sccc21. The van der Waals surface area contributed by atoms with Crippen LogP contribution >= 0.6 is 11.3 Å². The normalized spacial score (nSPS) is 18.2. The molecule has 1 unspecified atom stereocenters. The molecular formula is C16H19NO2S2. The number of nitrogens with one attached hydrogen (secondary N) is 1. The predicted octanol–water partition coefficient (Wildman–Crippen LogP) is 4.03. The zero-order chi connectivity index (χ0) is 14.9. The van der Waals surface area contributed by atoms with Crippen LogP contribution in [0.15, 0.2) is 40.6 Å². The molecule has 1 aliphatic carbocycles. The fourth-order valence-corrected chi connectivity index (χ4v) is 4.88. The molecule has 0 bridgehead atoms. The van der Waals surface area contributed by atoms with Crippen molar-refractivity contribution in [3.05, 3.63) is 46.2 Å². The van der Waals surface area contributed by atoms with E-state index in [-0.39, 0.29) is 11.8 Å². The number of thiophene rings is 1. The lowest BCUT2D eigenvalue weighted by Crippen LogP contribution is -2.17.